The minimum absolute atomic E-state index is 0.655. The van der Waals surface area contributed by atoms with Crippen LogP contribution in [0.15, 0.2) is 6.20 Å². The van der Waals surface area contributed by atoms with Gasteiger partial charge in [0.1, 0.15) is 5.01 Å². The van der Waals surface area contributed by atoms with Gasteiger partial charge < -0.3 is 10.6 Å². The molecule has 0 aromatic carbocycles. The van der Waals surface area contributed by atoms with Crippen LogP contribution in [0.3, 0.4) is 0 Å². The topological polar surface area (TPSA) is 37.0 Å². The molecule has 0 radical (unpaired) electrons. The first-order valence-electron chi connectivity index (χ1n) is 3.59. The third-order valence-electron chi connectivity index (χ3n) is 1.30. The number of thiazole rings is 1. The fourth-order valence-corrected chi connectivity index (χ4v) is 1.53. The first-order chi connectivity index (χ1) is 5.72. The quantitative estimate of drug-likeness (QED) is 0.701. The highest BCUT2D eigenvalue weighted by Crippen LogP contribution is 2.09. The van der Waals surface area contributed by atoms with E-state index in [0.717, 1.165) is 5.01 Å². The van der Waals surface area contributed by atoms with Crippen molar-refractivity contribution in [1.29, 1.82) is 0 Å². The summed E-state index contributed by atoms with van der Waals surface area (Å²) in [4.78, 5) is 5.41. The van der Waals surface area contributed by atoms with Crippen LogP contribution in [-0.2, 0) is 6.54 Å². The van der Waals surface area contributed by atoms with E-state index in [1.165, 1.54) is 4.88 Å². The summed E-state index contributed by atoms with van der Waals surface area (Å²) in [5.41, 5.74) is 0. The SMILES string of the molecule is CNC(=S)NCc1ncc(C)s1. The normalized spacial score (nSPS) is 9.50. The highest BCUT2D eigenvalue weighted by Gasteiger charge is 1.97. The molecule has 0 spiro atoms. The smallest absolute Gasteiger partial charge is 0.166 e. The first-order valence-corrected chi connectivity index (χ1v) is 4.81. The van der Waals surface area contributed by atoms with Crippen molar-refractivity contribution in [3.63, 3.8) is 0 Å². The van der Waals surface area contributed by atoms with Crippen LogP contribution in [0.1, 0.15) is 9.88 Å². The maximum absolute atomic E-state index is 4.92. The van der Waals surface area contributed by atoms with Crippen LogP contribution < -0.4 is 10.6 Å². The van der Waals surface area contributed by atoms with Crippen molar-refractivity contribution in [2.24, 2.45) is 0 Å². The molecule has 3 nitrogen and oxygen atoms in total. The minimum atomic E-state index is 0.655. The third-order valence-corrected chi connectivity index (χ3v) is 2.56. The van der Waals surface area contributed by atoms with Crippen molar-refractivity contribution in [3.05, 3.63) is 16.1 Å². The van der Waals surface area contributed by atoms with Crippen molar-refractivity contribution in [3.8, 4) is 0 Å². The molecule has 12 heavy (non-hydrogen) atoms. The Balaban J connectivity index is 2.38. The van der Waals surface area contributed by atoms with Crippen molar-refractivity contribution in [1.82, 2.24) is 15.6 Å². The predicted octanol–water partition coefficient (Wildman–Crippen LogP) is 1.05. The molecule has 66 valence electrons. The summed E-state index contributed by atoms with van der Waals surface area (Å²) in [6.45, 7) is 2.75. The number of hydrogen-bond donors (Lipinski definition) is 2. The van der Waals surface area contributed by atoms with Gasteiger partial charge in [0, 0.05) is 18.1 Å². The predicted molar refractivity (Wildman–Crippen MR) is 55.3 cm³/mol. The van der Waals surface area contributed by atoms with Gasteiger partial charge in [-0.2, -0.15) is 0 Å². The molecule has 0 aliphatic rings. The molecule has 0 amide bonds. The Morgan fingerprint density at radius 1 is 1.75 bits per heavy atom. The number of rotatable bonds is 2. The molecule has 2 N–H and O–H groups in total. The van der Waals surface area contributed by atoms with E-state index in [1.54, 1.807) is 18.4 Å². The second kappa shape index (κ2) is 4.37. The average Bonchev–Trinajstić information content (AvgIpc) is 2.47. The molecule has 0 unspecified atom stereocenters. The van der Waals surface area contributed by atoms with E-state index in [9.17, 15) is 0 Å². The number of nitrogens with one attached hydrogen (secondary N) is 2. The van der Waals surface area contributed by atoms with Crippen molar-refractivity contribution < 1.29 is 0 Å². The Morgan fingerprint density at radius 3 is 3.00 bits per heavy atom. The Hall–Kier alpha value is -0.680. The van der Waals surface area contributed by atoms with Crippen LogP contribution >= 0.6 is 23.6 Å². The lowest BCUT2D eigenvalue weighted by atomic mass is 10.6. The molecule has 1 aromatic rings. The number of thiocarbonyl (C=S) groups is 1. The molecular formula is C7H11N3S2. The van der Waals surface area contributed by atoms with E-state index in [2.05, 4.69) is 15.6 Å². The van der Waals surface area contributed by atoms with Gasteiger partial charge in [0.25, 0.3) is 0 Å². The maximum atomic E-state index is 4.92. The van der Waals surface area contributed by atoms with Gasteiger partial charge >= 0.3 is 0 Å². The van der Waals surface area contributed by atoms with E-state index in [4.69, 9.17) is 12.2 Å². The fraction of sp³-hybridized carbons (Fsp3) is 0.429. The highest BCUT2D eigenvalue weighted by atomic mass is 32.1. The van der Waals surface area contributed by atoms with Gasteiger partial charge in [-0.1, -0.05) is 0 Å². The van der Waals surface area contributed by atoms with E-state index < -0.39 is 0 Å². The Labute approximate surface area is 81.2 Å². The van der Waals surface area contributed by atoms with Gasteiger partial charge in [0.15, 0.2) is 5.11 Å². The Kier molecular flexibility index (Phi) is 3.43. The van der Waals surface area contributed by atoms with E-state index in [-0.39, 0.29) is 0 Å². The number of aromatic nitrogens is 1. The number of hydrogen-bond acceptors (Lipinski definition) is 3. The molecule has 0 bridgehead atoms. The van der Waals surface area contributed by atoms with E-state index in [1.807, 2.05) is 13.1 Å². The first kappa shape index (κ1) is 9.41. The van der Waals surface area contributed by atoms with Crippen molar-refractivity contribution >= 4 is 28.7 Å². The van der Waals surface area contributed by atoms with Crippen LogP contribution in [0.5, 0.6) is 0 Å². The molecule has 1 rings (SSSR count). The van der Waals surface area contributed by atoms with E-state index >= 15 is 0 Å². The molecule has 0 fully saturated rings. The fourth-order valence-electron chi connectivity index (χ4n) is 0.727. The highest BCUT2D eigenvalue weighted by molar-refractivity contribution is 7.80. The van der Waals surface area contributed by atoms with Gasteiger partial charge in [0.05, 0.1) is 6.54 Å². The van der Waals surface area contributed by atoms with Crippen LogP contribution in [-0.4, -0.2) is 17.1 Å². The Morgan fingerprint density at radius 2 is 2.50 bits per heavy atom. The molecule has 0 aliphatic carbocycles. The number of nitrogens with zero attached hydrogens (tertiary/aromatic N) is 1. The van der Waals surface area contributed by atoms with Gasteiger partial charge in [0.2, 0.25) is 0 Å². The summed E-state index contributed by atoms with van der Waals surface area (Å²) in [5, 5.41) is 7.59. The van der Waals surface area contributed by atoms with Gasteiger partial charge in [-0.05, 0) is 19.1 Å². The monoisotopic (exact) mass is 201 g/mol. The zero-order chi connectivity index (χ0) is 8.97. The summed E-state index contributed by atoms with van der Waals surface area (Å²) in [5.74, 6) is 0. The second-order valence-electron chi connectivity index (χ2n) is 2.30. The molecule has 0 aliphatic heterocycles. The third kappa shape index (κ3) is 2.75. The zero-order valence-electron chi connectivity index (χ0n) is 7.05. The standard InChI is InChI=1S/C7H11N3S2/c1-5-3-9-6(12-5)4-10-7(11)8-2/h3H,4H2,1-2H3,(H2,8,10,11). The lowest BCUT2D eigenvalue weighted by Gasteiger charge is -2.03. The molecule has 1 aromatic heterocycles. The summed E-state index contributed by atoms with van der Waals surface area (Å²) in [6, 6.07) is 0. The minimum Gasteiger partial charge on any atom is -0.366 e. The van der Waals surface area contributed by atoms with Crippen molar-refractivity contribution in [2.75, 3.05) is 7.05 Å². The molecular weight excluding hydrogens is 190 g/mol. The van der Waals surface area contributed by atoms with Gasteiger partial charge in [-0.3, -0.25) is 0 Å². The van der Waals surface area contributed by atoms with Crippen LogP contribution in [0.25, 0.3) is 0 Å². The van der Waals surface area contributed by atoms with Crippen molar-refractivity contribution in [2.45, 2.75) is 13.5 Å². The van der Waals surface area contributed by atoms with Crippen LogP contribution in [0.2, 0.25) is 0 Å². The molecule has 0 atom stereocenters. The number of aryl methyl sites for hydroxylation is 1. The zero-order valence-corrected chi connectivity index (χ0v) is 8.68. The lowest BCUT2D eigenvalue weighted by Crippen LogP contribution is -2.31. The average molecular weight is 201 g/mol. The van der Waals surface area contributed by atoms with Crippen LogP contribution in [0.4, 0.5) is 0 Å². The second-order valence-corrected chi connectivity index (χ2v) is 4.02. The van der Waals surface area contributed by atoms with Gasteiger partial charge in [-0.15, -0.1) is 11.3 Å². The molecule has 0 saturated heterocycles. The van der Waals surface area contributed by atoms with Crippen LogP contribution in [0, 0.1) is 6.92 Å². The largest absolute Gasteiger partial charge is 0.366 e. The summed E-state index contributed by atoms with van der Waals surface area (Å²) < 4.78 is 0. The van der Waals surface area contributed by atoms with E-state index in [0.29, 0.717) is 11.7 Å². The lowest BCUT2D eigenvalue weighted by molar-refractivity contribution is 0.880. The summed E-state index contributed by atoms with van der Waals surface area (Å²) >= 11 is 6.60. The van der Waals surface area contributed by atoms with Gasteiger partial charge in [-0.25, -0.2) is 4.98 Å². The Bertz CT molecular complexity index is 269. The summed E-state index contributed by atoms with van der Waals surface area (Å²) in [6.07, 6.45) is 1.87. The molecule has 5 heteroatoms. The molecule has 0 saturated carbocycles. The molecule has 1 heterocycles. The summed E-state index contributed by atoms with van der Waals surface area (Å²) in [7, 11) is 1.79. The maximum Gasteiger partial charge on any atom is 0.166 e.